The molecule has 2 fully saturated rings. The molecule has 10 heteroatoms. The summed E-state index contributed by atoms with van der Waals surface area (Å²) >= 11 is 0. The fourth-order valence-electron chi connectivity index (χ4n) is 4.99. The first-order chi connectivity index (χ1) is 17.6. The molecule has 1 N–H and O–H groups in total. The van der Waals surface area contributed by atoms with Crippen LogP contribution in [0.2, 0.25) is 0 Å². The van der Waals surface area contributed by atoms with Crippen LogP contribution < -0.4 is 15.4 Å². The lowest BCUT2D eigenvalue weighted by Gasteiger charge is -2.35. The quantitative estimate of drug-likeness (QED) is 0.467. The van der Waals surface area contributed by atoms with Gasteiger partial charge in [-0.2, -0.15) is 4.98 Å². The molecule has 0 radical (unpaired) electrons. The van der Waals surface area contributed by atoms with E-state index in [2.05, 4.69) is 19.9 Å². The van der Waals surface area contributed by atoms with Crippen LogP contribution in [0.3, 0.4) is 0 Å². The number of benzene rings is 2. The summed E-state index contributed by atoms with van der Waals surface area (Å²) in [7, 11) is 1.75. The summed E-state index contributed by atoms with van der Waals surface area (Å²) in [6.07, 6.45) is 2.16. The maximum atomic E-state index is 13.2. The Morgan fingerprint density at radius 1 is 0.972 bits per heavy atom. The number of nitrogens with zero attached hydrogens (tertiary/aromatic N) is 5. The number of ether oxygens (including phenoxy) is 1. The fraction of sp³-hybridized carbons (Fsp3) is 0.385. The Morgan fingerprint density at radius 3 is 2.53 bits per heavy atom. The normalized spacial score (nSPS) is 17.3. The number of H-pyrrole nitrogens is 1. The number of rotatable bonds is 4. The molecule has 2 aromatic heterocycles. The number of fused-ring (bicyclic) bond motifs is 2. The van der Waals surface area contributed by atoms with Gasteiger partial charge in [0.05, 0.1) is 17.0 Å². The highest BCUT2D eigenvalue weighted by molar-refractivity contribution is 5.97. The minimum atomic E-state index is -0.156. The van der Waals surface area contributed by atoms with E-state index in [9.17, 15) is 9.59 Å². The summed E-state index contributed by atoms with van der Waals surface area (Å²) < 4.78 is 11.5. The van der Waals surface area contributed by atoms with Gasteiger partial charge in [-0.05, 0) is 43.2 Å². The van der Waals surface area contributed by atoms with Crippen LogP contribution in [-0.2, 0) is 4.74 Å². The number of aromatic nitrogens is 3. The van der Waals surface area contributed by atoms with Gasteiger partial charge in [-0.1, -0.05) is 12.1 Å². The van der Waals surface area contributed by atoms with Crippen LogP contribution in [0.4, 0.5) is 12.0 Å². The van der Waals surface area contributed by atoms with E-state index in [4.69, 9.17) is 9.15 Å². The van der Waals surface area contributed by atoms with Crippen LogP contribution in [-0.4, -0.2) is 78.2 Å². The lowest BCUT2D eigenvalue weighted by molar-refractivity contribution is 0.0746. The maximum Gasteiger partial charge on any atom is 0.298 e. The Kier molecular flexibility index (Phi) is 5.80. The van der Waals surface area contributed by atoms with E-state index < -0.39 is 0 Å². The third-order valence-corrected chi connectivity index (χ3v) is 7.14. The molecule has 0 aliphatic carbocycles. The standard InChI is InChI=1S/C26H28N6O4/c1-35-18-8-10-32(11-9-18)26-28-21-7-6-17(16-22(21)36-26)24(34)30-12-14-31(15-13-30)25-27-20-5-3-2-4-19(20)23(33)29-25/h2-7,16,18H,8-15H2,1H3,(H,27,29,33). The molecule has 36 heavy (non-hydrogen) atoms. The molecular weight excluding hydrogens is 460 g/mol. The zero-order valence-corrected chi connectivity index (χ0v) is 20.1. The monoisotopic (exact) mass is 488 g/mol. The molecule has 186 valence electrons. The summed E-state index contributed by atoms with van der Waals surface area (Å²) in [4.78, 5) is 43.7. The smallest absolute Gasteiger partial charge is 0.298 e. The van der Waals surface area contributed by atoms with Crippen LogP contribution >= 0.6 is 0 Å². The second kappa shape index (κ2) is 9.27. The summed E-state index contributed by atoms with van der Waals surface area (Å²) in [5, 5.41) is 0.570. The van der Waals surface area contributed by atoms with Gasteiger partial charge in [0.2, 0.25) is 5.95 Å². The van der Waals surface area contributed by atoms with E-state index in [1.54, 1.807) is 19.2 Å². The number of amides is 1. The van der Waals surface area contributed by atoms with E-state index in [1.165, 1.54) is 0 Å². The SMILES string of the molecule is COC1CCN(c2nc3ccc(C(=O)N4CCN(c5nc6ccccc6c(=O)[nH]5)CC4)cc3o2)CC1. The molecular formula is C26H28N6O4. The fourth-order valence-corrected chi connectivity index (χ4v) is 4.99. The zero-order chi connectivity index (χ0) is 24.6. The number of hydrogen-bond acceptors (Lipinski definition) is 8. The molecule has 0 atom stereocenters. The molecule has 2 aliphatic rings. The predicted octanol–water partition coefficient (Wildman–Crippen LogP) is 2.64. The number of para-hydroxylation sites is 1. The summed E-state index contributed by atoms with van der Waals surface area (Å²) in [6, 6.07) is 13.3. The van der Waals surface area contributed by atoms with Crippen molar-refractivity contribution in [3.63, 3.8) is 0 Å². The number of aromatic amines is 1. The zero-order valence-electron chi connectivity index (χ0n) is 20.1. The van der Waals surface area contributed by atoms with E-state index in [1.807, 2.05) is 40.1 Å². The van der Waals surface area contributed by atoms with Gasteiger partial charge in [0.25, 0.3) is 17.5 Å². The van der Waals surface area contributed by atoms with Gasteiger partial charge in [0.15, 0.2) is 5.58 Å². The lowest BCUT2D eigenvalue weighted by Crippen LogP contribution is -2.49. The molecule has 4 heterocycles. The van der Waals surface area contributed by atoms with Crippen LogP contribution in [0.1, 0.15) is 23.2 Å². The predicted molar refractivity (Wildman–Crippen MR) is 137 cm³/mol. The molecule has 2 aliphatic heterocycles. The molecule has 10 nitrogen and oxygen atoms in total. The molecule has 0 unspecified atom stereocenters. The molecule has 1 amide bonds. The highest BCUT2D eigenvalue weighted by Crippen LogP contribution is 2.26. The van der Waals surface area contributed by atoms with E-state index in [0.29, 0.717) is 60.2 Å². The molecule has 0 saturated carbocycles. The first-order valence-electron chi connectivity index (χ1n) is 12.3. The largest absolute Gasteiger partial charge is 0.423 e. The Morgan fingerprint density at radius 2 is 1.75 bits per heavy atom. The van der Waals surface area contributed by atoms with Crippen LogP contribution in [0, 0.1) is 0 Å². The molecule has 0 spiro atoms. The van der Waals surface area contributed by atoms with Crippen LogP contribution in [0.15, 0.2) is 51.7 Å². The maximum absolute atomic E-state index is 13.2. The van der Waals surface area contributed by atoms with Gasteiger partial charge in [0.1, 0.15) is 5.52 Å². The van der Waals surface area contributed by atoms with Gasteiger partial charge in [0, 0.05) is 51.9 Å². The Balaban J connectivity index is 1.13. The molecule has 2 aromatic carbocycles. The van der Waals surface area contributed by atoms with Crippen molar-refractivity contribution < 1.29 is 13.9 Å². The van der Waals surface area contributed by atoms with Crippen LogP contribution in [0.25, 0.3) is 22.0 Å². The van der Waals surface area contributed by atoms with Crippen molar-refractivity contribution in [3.8, 4) is 0 Å². The Bertz CT molecular complexity index is 1460. The van der Waals surface area contributed by atoms with Crippen molar-refractivity contribution in [2.45, 2.75) is 18.9 Å². The third-order valence-electron chi connectivity index (χ3n) is 7.14. The van der Waals surface area contributed by atoms with Gasteiger partial charge in [-0.3, -0.25) is 14.6 Å². The highest BCUT2D eigenvalue weighted by Gasteiger charge is 2.26. The van der Waals surface area contributed by atoms with E-state index in [-0.39, 0.29) is 17.6 Å². The Hall–Kier alpha value is -3.92. The van der Waals surface area contributed by atoms with Crippen molar-refractivity contribution in [1.29, 1.82) is 0 Å². The minimum absolute atomic E-state index is 0.0460. The Labute approximate surface area is 207 Å². The molecule has 6 rings (SSSR count). The van der Waals surface area contributed by atoms with E-state index in [0.717, 1.165) is 31.4 Å². The average molecular weight is 489 g/mol. The van der Waals surface area contributed by atoms with Crippen LogP contribution in [0.5, 0.6) is 0 Å². The van der Waals surface area contributed by atoms with Gasteiger partial charge in [-0.25, -0.2) is 4.98 Å². The number of piperidine rings is 1. The van der Waals surface area contributed by atoms with Gasteiger partial charge in [-0.15, -0.1) is 0 Å². The first kappa shape index (κ1) is 22.5. The second-order valence-electron chi connectivity index (χ2n) is 9.29. The van der Waals surface area contributed by atoms with Crippen molar-refractivity contribution >= 4 is 39.9 Å². The number of nitrogens with one attached hydrogen (secondary N) is 1. The number of methoxy groups -OCH3 is 1. The van der Waals surface area contributed by atoms with E-state index >= 15 is 0 Å². The molecule has 2 saturated heterocycles. The topological polar surface area (TPSA) is 108 Å². The number of anilines is 2. The third kappa shape index (κ3) is 4.17. The summed E-state index contributed by atoms with van der Waals surface area (Å²) in [5.74, 6) is 0.492. The molecule has 4 aromatic rings. The average Bonchev–Trinajstić information content (AvgIpc) is 3.36. The number of carbonyl (C=O) groups is 1. The number of carbonyl (C=O) groups excluding carboxylic acids is 1. The number of hydrogen-bond donors (Lipinski definition) is 1. The minimum Gasteiger partial charge on any atom is -0.423 e. The van der Waals surface area contributed by atoms with Crippen molar-refractivity contribution in [1.82, 2.24) is 19.9 Å². The van der Waals surface area contributed by atoms with Gasteiger partial charge >= 0.3 is 0 Å². The highest BCUT2D eigenvalue weighted by atomic mass is 16.5. The second-order valence-corrected chi connectivity index (χ2v) is 9.29. The lowest BCUT2D eigenvalue weighted by atomic mass is 10.1. The number of oxazole rings is 1. The summed E-state index contributed by atoms with van der Waals surface area (Å²) in [5.41, 5.74) is 2.44. The summed E-state index contributed by atoms with van der Waals surface area (Å²) in [6.45, 7) is 3.89. The molecule has 0 bridgehead atoms. The van der Waals surface area contributed by atoms with Crippen molar-refractivity contribution in [2.75, 3.05) is 56.2 Å². The number of piperazine rings is 1. The first-order valence-corrected chi connectivity index (χ1v) is 12.3. The van der Waals surface area contributed by atoms with Gasteiger partial charge < -0.3 is 23.9 Å². The van der Waals surface area contributed by atoms with Crippen molar-refractivity contribution in [2.24, 2.45) is 0 Å². The van der Waals surface area contributed by atoms with Crippen molar-refractivity contribution in [3.05, 3.63) is 58.4 Å².